The van der Waals surface area contributed by atoms with Gasteiger partial charge >= 0.3 is 7.60 Å². The zero-order valence-corrected chi connectivity index (χ0v) is 22.5. The fraction of sp³-hybridized carbons (Fsp3) is 0.524. The van der Waals surface area contributed by atoms with Crippen LogP contribution >= 0.6 is 7.60 Å². The fourth-order valence-electron chi connectivity index (χ4n) is 5.28. The van der Waals surface area contributed by atoms with Crippen molar-refractivity contribution in [2.75, 3.05) is 18.1 Å². The number of H-pyrrole nitrogens is 1. The van der Waals surface area contributed by atoms with Gasteiger partial charge in [-0.05, 0) is 6.92 Å². The molecule has 226 valence electrons. The van der Waals surface area contributed by atoms with Crippen LogP contribution in [0.15, 0.2) is 23.8 Å². The highest BCUT2D eigenvalue weighted by Crippen LogP contribution is 2.59. The molecule has 0 aromatic carbocycles. The number of nitrogens with two attached hydrogens (primary N) is 2. The Kier molecular flexibility index (Phi) is 6.97. The predicted octanol–water partition coefficient (Wildman–Crippen LogP) is -2.07. The molecule has 10 atom stereocenters. The van der Waals surface area contributed by atoms with Gasteiger partial charge in [0.15, 0.2) is 35.1 Å². The number of ether oxygens (including phenoxy) is 2. The number of anilines is 2. The molecule has 2 aliphatic rings. The minimum Gasteiger partial charge on any atom is -0.394 e. The fourth-order valence-corrected chi connectivity index (χ4v) is 7.11. The first-order valence-corrected chi connectivity index (χ1v) is 14.2. The van der Waals surface area contributed by atoms with Crippen molar-refractivity contribution in [3.8, 4) is 0 Å². The van der Waals surface area contributed by atoms with Crippen molar-refractivity contribution in [3.05, 3.63) is 29.3 Å². The lowest BCUT2D eigenvalue weighted by Gasteiger charge is -2.29. The third kappa shape index (κ3) is 4.43. The number of aliphatic hydroxyl groups excluding tert-OH is 3. The minimum atomic E-state index is -5.06. The number of fused-ring (bicyclic) bond motifs is 2. The SMILES string of the molecule is C[C@@H](OP(=O)(O)[C@@H]1[C@H](F)[C@@H](CO)O[C@H]1n1cnc2c(=O)[nH]c(N)nc21)C1O[C@@H](n2cnc3c(N)ncnc32)[C@H](O)[C@@H]1O. The highest BCUT2D eigenvalue weighted by Gasteiger charge is 2.57. The van der Waals surface area contributed by atoms with E-state index in [2.05, 4.69) is 29.9 Å². The smallest absolute Gasteiger partial charge is 0.339 e. The standard InChI is InChI=1S/C21H26FN10O9P/c1-6(13-11(34)12(35)19(40-13)31-4-27-9-15(23)25-3-26-16(9)31)41-42(37,38)14-8(22)7(2-33)39-20(14)32-5-28-10-17(32)29-21(24)30-18(10)36/h3-8,11-14,19-20,33-35H,2H2,1H3,(H,37,38)(H2,23,25,26)(H3,24,29,30,36)/t6-,7-,8-,11+,12-,13?,14-,19-,20-/m1/s1. The number of imidazole rings is 2. The quantitative estimate of drug-likeness (QED) is 0.110. The summed E-state index contributed by atoms with van der Waals surface area (Å²) in [6.07, 6.45) is -9.11. The minimum absolute atomic E-state index is 0.0738. The Morgan fingerprint density at radius 1 is 1.10 bits per heavy atom. The van der Waals surface area contributed by atoms with Gasteiger partial charge in [0.2, 0.25) is 5.95 Å². The first-order valence-electron chi connectivity index (χ1n) is 12.5. The van der Waals surface area contributed by atoms with Gasteiger partial charge in [-0.1, -0.05) is 0 Å². The zero-order chi connectivity index (χ0) is 30.1. The molecule has 21 heteroatoms. The molecule has 0 amide bonds. The van der Waals surface area contributed by atoms with Gasteiger partial charge in [0.25, 0.3) is 5.56 Å². The van der Waals surface area contributed by atoms with E-state index in [1.54, 1.807) is 0 Å². The molecular formula is C21H26FN10O9P. The lowest BCUT2D eigenvalue weighted by molar-refractivity contribution is -0.0736. The van der Waals surface area contributed by atoms with Crippen LogP contribution < -0.4 is 17.0 Å². The van der Waals surface area contributed by atoms with Crippen LogP contribution in [-0.2, 0) is 18.6 Å². The van der Waals surface area contributed by atoms with Crippen LogP contribution in [0.5, 0.6) is 0 Å². The van der Waals surface area contributed by atoms with Crippen LogP contribution in [0.1, 0.15) is 19.4 Å². The van der Waals surface area contributed by atoms with E-state index in [0.29, 0.717) is 0 Å². The van der Waals surface area contributed by atoms with E-state index in [4.69, 9.17) is 25.5 Å². The van der Waals surface area contributed by atoms with Crippen LogP contribution in [0.3, 0.4) is 0 Å². The molecule has 0 radical (unpaired) electrons. The highest BCUT2D eigenvalue weighted by molar-refractivity contribution is 7.53. The monoisotopic (exact) mass is 612 g/mol. The molecular weight excluding hydrogens is 586 g/mol. The molecule has 9 N–H and O–H groups in total. The predicted molar refractivity (Wildman–Crippen MR) is 138 cm³/mol. The zero-order valence-electron chi connectivity index (χ0n) is 21.6. The Morgan fingerprint density at radius 3 is 2.50 bits per heavy atom. The Morgan fingerprint density at radius 2 is 1.79 bits per heavy atom. The number of alkyl halides is 1. The molecule has 0 bridgehead atoms. The van der Waals surface area contributed by atoms with E-state index in [1.807, 2.05) is 0 Å². The maximum absolute atomic E-state index is 15.5. The summed E-state index contributed by atoms with van der Waals surface area (Å²) in [5, 5.41) is 31.2. The summed E-state index contributed by atoms with van der Waals surface area (Å²) >= 11 is 0. The first-order chi connectivity index (χ1) is 19.9. The molecule has 2 aliphatic heterocycles. The van der Waals surface area contributed by atoms with E-state index >= 15 is 4.39 Å². The summed E-state index contributed by atoms with van der Waals surface area (Å²) in [5.41, 5.74) is 8.84. The molecule has 0 saturated carbocycles. The highest BCUT2D eigenvalue weighted by atomic mass is 31.2. The van der Waals surface area contributed by atoms with Gasteiger partial charge in [0.05, 0.1) is 25.4 Å². The van der Waals surface area contributed by atoms with Crippen LogP contribution in [0.4, 0.5) is 16.2 Å². The van der Waals surface area contributed by atoms with Gasteiger partial charge < -0.3 is 45.7 Å². The van der Waals surface area contributed by atoms with Crippen molar-refractivity contribution >= 4 is 41.7 Å². The van der Waals surface area contributed by atoms with E-state index in [9.17, 15) is 29.6 Å². The normalized spacial score (nSPS) is 32.0. The Labute approximate surface area is 233 Å². The average Bonchev–Trinajstić information content (AvgIpc) is 3.68. The van der Waals surface area contributed by atoms with Crippen LogP contribution in [0, 0.1) is 0 Å². The van der Waals surface area contributed by atoms with Crippen LogP contribution in [0.25, 0.3) is 22.3 Å². The first kappa shape index (κ1) is 28.5. The second-order valence-electron chi connectivity index (χ2n) is 9.89. The number of halogens is 1. The van der Waals surface area contributed by atoms with Crippen LogP contribution in [-0.4, -0.2) is 108 Å². The van der Waals surface area contributed by atoms with Gasteiger partial charge in [-0.3, -0.25) is 23.5 Å². The maximum atomic E-state index is 15.5. The second kappa shape index (κ2) is 10.3. The summed E-state index contributed by atoms with van der Waals surface area (Å²) in [5.74, 6) is -0.221. The summed E-state index contributed by atoms with van der Waals surface area (Å²) in [7, 11) is -5.06. The third-order valence-corrected chi connectivity index (χ3v) is 9.21. The number of hydrogen-bond acceptors (Lipinski definition) is 15. The molecule has 0 aliphatic carbocycles. The number of aromatic amines is 1. The molecule has 4 aromatic heterocycles. The van der Waals surface area contributed by atoms with Crippen molar-refractivity contribution in [2.45, 2.75) is 61.7 Å². The summed E-state index contributed by atoms with van der Waals surface area (Å²) in [4.78, 5) is 45.5. The van der Waals surface area contributed by atoms with Gasteiger partial charge in [-0.25, -0.2) is 24.3 Å². The molecule has 2 unspecified atom stereocenters. The van der Waals surface area contributed by atoms with Gasteiger partial charge in [0.1, 0.15) is 48.1 Å². The van der Waals surface area contributed by atoms with Gasteiger partial charge in [-0.2, -0.15) is 4.98 Å². The Hall–Kier alpha value is -3.62. The molecule has 2 saturated heterocycles. The number of nitrogens with zero attached hydrogens (tertiary/aromatic N) is 7. The summed E-state index contributed by atoms with van der Waals surface area (Å²) in [6, 6.07) is 0. The number of nitrogens with one attached hydrogen (secondary N) is 1. The summed E-state index contributed by atoms with van der Waals surface area (Å²) in [6.45, 7) is 0.436. The summed E-state index contributed by atoms with van der Waals surface area (Å²) < 4.78 is 48.4. The molecule has 4 aromatic rings. The number of rotatable bonds is 7. The topological polar surface area (TPSA) is 285 Å². The van der Waals surface area contributed by atoms with E-state index in [-0.39, 0.29) is 34.1 Å². The Bertz CT molecular complexity index is 1750. The van der Waals surface area contributed by atoms with Crippen molar-refractivity contribution in [2.24, 2.45) is 0 Å². The van der Waals surface area contributed by atoms with Gasteiger partial charge in [0, 0.05) is 0 Å². The van der Waals surface area contributed by atoms with E-state index in [0.717, 1.165) is 10.9 Å². The van der Waals surface area contributed by atoms with Crippen molar-refractivity contribution < 1.29 is 43.2 Å². The van der Waals surface area contributed by atoms with E-state index in [1.165, 1.54) is 24.1 Å². The molecule has 2 fully saturated rings. The van der Waals surface area contributed by atoms with Gasteiger partial charge in [-0.15, -0.1) is 0 Å². The van der Waals surface area contributed by atoms with E-state index < -0.39 is 74.6 Å². The van der Waals surface area contributed by atoms with Crippen molar-refractivity contribution in [1.82, 2.24) is 39.0 Å². The molecule has 42 heavy (non-hydrogen) atoms. The number of nitrogen functional groups attached to an aromatic ring is 2. The van der Waals surface area contributed by atoms with Crippen molar-refractivity contribution in [3.63, 3.8) is 0 Å². The molecule has 6 heterocycles. The number of hydrogen-bond donors (Lipinski definition) is 7. The lowest BCUT2D eigenvalue weighted by Crippen LogP contribution is -2.39. The maximum Gasteiger partial charge on any atom is 0.339 e. The lowest BCUT2D eigenvalue weighted by atomic mass is 10.1. The largest absolute Gasteiger partial charge is 0.394 e. The second-order valence-corrected chi connectivity index (χ2v) is 11.8. The molecule has 19 nitrogen and oxygen atoms in total. The average molecular weight is 612 g/mol. The third-order valence-electron chi connectivity index (χ3n) is 7.29. The van der Waals surface area contributed by atoms with Crippen LogP contribution in [0.2, 0.25) is 0 Å². The van der Waals surface area contributed by atoms with Crippen molar-refractivity contribution in [1.29, 1.82) is 0 Å². The Balaban J connectivity index is 1.28. The number of aromatic nitrogens is 8. The molecule has 0 spiro atoms. The molecule has 6 rings (SSSR count). The number of aliphatic hydroxyl groups is 3.